The predicted molar refractivity (Wildman–Crippen MR) is 93.0 cm³/mol. The standard InChI is InChI=1S/C15H21N4O3P/c1-23(2,21)10-22-9-8-19-14(20)12(13(16)18-15(19)17)11-6-4-3-5-7-11/h3-7H,8-10,16H2,1-2H3,(H2,17,18). The Kier molecular flexibility index (Phi) is 5.23. The van der Waals surface area contributed by atoms with Gasteiger partial charge in [0.25, 0.3) is 5.56 Å². The Morgan fingerprint density at radius 2 is 1.87 bits per heavy atom. The van der Waals surface area contributed by atoms with E-state index in [4.69, 9.17) is 16.2 Å². The molecule has 0 spiro atoms. The molecule has 124 valence electrons. The molecule has 0 aliphatic carbocycles. The van der Waals surface area contributed by atoms with Gasteiger partial charge in [-0.15, -0.1) is 0 Å². The summed E-state index contributed by atoms with van der Waals surface area (Å²) >= 11 is 0. The number of nitrogens with two attached hydrogens (primary N) is 2. The second-order valence-corrected chi connectivity index (χ2v) is 9.07. The molecular formula is C15H21N4O3P. The number of hydrogen-bond acceptors (Lipinski definition) is 6. The highest BCUT2D eigenvalue weighted by atomic mass is 31.2. The molecule has 0 aliphatic rings. The number of rotatable bonds is 6. The molecule has 1 aromatic heterocycles. The van der Waals surface area contributed by atoms with Crippen molar-refractivity contribution in [2.24, 2.45) is 0 Å². The summed E-state index contributed by atoms with van der Waals surface area (Å²) in [5, 5.41) is 0. The third-order valence-electron chi connectivity index (χ3n) is 3.15. The van der Waals surface area contributed by atoms with Crippen molar-refractivity contribution in [1.82, 2.24) is 9.55 Å². The average Bonchev–Trinajstić information content (AvgIpc) is 2.46. The third-order valence-corrected chi connectivity index (χ3v) is 3.95. The highest BCUT2D eigenvalue weighted by Gasteiger charge is 2.15. The normalized spacial score (nSPS) is 11.6. The molecule has 0 saturated heterocycles. The van der Waals surface area contributed by atoms with Gasteiger partial charge in [-0.2, -0.15) is 4.98 Å². The fourth-order valence-corrected chi connectivity index (χ4v) is 2.69. The van der Waals surface area contributed by atoms with Crippen LogP contribution >= 0.6 is 7.14 Å². The summed E-state index contributed by atoms with van der Waals surface area (Å²) in [5.74, 6) is 0.134. The van der Waals surface area contributed by atoms with E-state index in [2.05, 4.69) is 4.98 Å². The van der Waals surface area contributed by atoms with Gasteiger partial charge in [0.1, 0.15) is 13.0 Å². The zero-order valence-electron chi connectivity index (χ0n) is 13.2. The molecule has 1 aromatic carbocycles. The summed E-state index contributed by atoms with van der Waals surface area (Å²) in [7, 11) is -2.25. The van der Waals surface area contributed by atoms with Gasteiger partial charge < -0.3 is 20.8 Å². The molecule has 0 saturated carbocycles. The SMILES string of the molecule is CP(C)(=O)COCCn1c(N)nc(N)c(-c2ccccc2)c1=O. The predicted octanol–water partition coefficient (Wildman–Crippen LogP) is 1.67. The third kappa shape index (κ3) is 4.43. The van der Waals surface area contributed by atoms with Crippen LogP contribution < -0.4 is 17.0 Å². The first-order valence-electron chi connectivity index (χ1n) is 7.12. The lowest BCUT2D eigenvalue weighted by Gasteiger charge is -2.14. The molecule has 4 N–H and O–H groups in total. The zero-order valence-corrected chi connectivity index (χ0v) is 14.1. The summed E-state index contributed by atoms with van der Waals surface area (Å²) in [6, 6.07) is 9.06. The second kappa shape index (κ2) is 6.98. The number of benzene rings is 1. The van der Waals surface area contributed by atoms with Crippen molar-refractivity contribution in [3.05, 3.63) is 40.7 Å². The minimum Gasteiger partial charge on any atom is -0.383 e. The smallest absolute Gasteiger partial charge is 0.265 e. The lowest BCUT2D eigenvalue weighted by molar-refractivity contribution is 0.166. The van der Waals surface area contributed by atoms with E-state index in [1.54, 1.807) is 25.5 Å². The molecule has 0 amide bonds. The van der Waals surface area contributed by atoms with Crippen LogP contribution in [0.15, 0.2) is 35.1 Å². The zero-order chi connectivity index (χ0) is 17.0. The van der Waals surface area contributed by atoms with Gasteiger partial charge in [-0.05, 0) is 18.9 Å². The van der Waals surface area contributed by atoms with Crippen LogP contribution in [0.2, 0.25) is 0 Å². The van der Waals surface area contributed by atoms with Gasteiger partial charge in [-0.25, -0.2) is 0 Å². The van der Waals surface area contributed by atoms with Crippen LogP contribution in [0.1, 0.15) is 0 Å². The first-order chi connectivity index (χ1) is 10.8. The number of nitrogens with zero attached hydrogens (tertiary/aromatic N) is 2. The Morgan fingerprint density at radius 3 is 2.48 bits per heavy atom. The van der Waals surface area contributed by atoms with E-state index in [0.29, 0.717) is 11.1 Å². The minimum atomic E-state index is -2.25. The van der Waals surface area contributed by atoms with E-state index in [1.165, 1.54) is 4.57 Å². The summed E-state index contributed by atoms with van der Waals surface area (Å²) in [6.07, 6.45) is 0.162. The number of ether oxygens (including phenoxy) is 1. The summed E-state index contributed by atoms with van der Waals surface area (Å²) in [4.78, 5) is 16.7. The second-order valence-electron chi connectivity index (χ2n) is 5.66. The molecule has 23 heavy (non-hydrogen) atoms. The molecule has 1 heterocycles. The Labute approximate surface area is 134 Å². The largest absolute Gasteiger partial charge is 0.383 e. The maximum absolute atomic E-state index is 12.7. The van der Waals surface area contributed by atoms with Gasteiger partial charge in [0.15, 0.2) is 0 Å². The van der Waals surface area contributed by atoms with E-state index in [9.17, 15) is 9.36 Å². The van der Waals surface area contributed by atoms with E-state index in [0.717, 1.165) is 0 Å². The highest BCUT2D eigenvalue weighted by Crippen LogP contribution is 2.35. The molecule has 0 atom stereocenters. The Hall–Kier alpha value is -2.11. The monoisotopic (exact) mass is 336 g/mol. The van der Waals surface area contributed by atoms with Gasteiger partial charge in [-0.1, -0.05) is 30.3 Å². The first kappa shape index (κ1) is 17.2. The van der Waals surface area contributed by atoms with Crippen LogP contribution in [0.3, 0.4) is 0 Å². The van der Waals surface area contributed by atoms with Crippen LogP contribution in [0.25, 0.3) is 11.1 Å². The topological polar surface area (TPSA) is 113 Å². The molecule has 0 aliphatic heterocycles. The quantitative estimate of drug-likeness (QED) is 0.613. The molecule has 2 aromatic rings. The number of aromatic nitrogens is 2. The average molecular weight is 336 g/mol. The maximum atomic E-state index is 12.7. The van der Waals surface area contributed by atoms with E-state index < -0.39 is 7.14 Å². The fraction of sp³-hybridized carbons (Fsp3) is 0.333. The minimum absolute atomic E-state index is 0.0342. The molecule has 2 rings (SSSR count). The molecular weight excluding hydrogens is 315 g/mol. The van der Waals surface area contributed by atoms with Crippen molar-refractivity contribution in [2.45, 2.75) is 6.54 Å². The molecule has 0 radical (unpaired) electrons. The van der Waals surface area contributed by atoms with E-state index in [-0.39, 0.29) is 36.8 Å². The van der Waals surface area contributed by atoms with Gasteiger partial charge in [0.2, 0.25) is 5.95 Å². The molecule has 8 heteroatoms. The van der Waals surface area contributed by atoms with Gasteiger partial charge in [-0.3, -0.25) is 9.36 Å². The van der Waals surface area contributed by atoms with E-state index >= 15 is 0 Å². The van der Waals surface area contributed by atoms with Gasteiger partial charge >= 0.3 is 0 Å². The summed E-state index contributed by atoms with van der Waals surface area (Å²) < 4.78 is 18.3. The lowest BCUT2D eigenvalue weighted by Crippen LogP contribution is -2.28. The molecule has 7 nitrogen and oxygen atoms in total. The van der Waals surface area contributed by atoms with Crippen LogP contribution in [0.5, 0.6) is 0 Å². The van der Waals surface area contributed by atoms with Crippen molar-refractivity contribution in [3.8, 4) is 11.1 Å². The number of anilines is 2. The Balaban J connectivity index is 2.27. The van der Waals surface area contributed by atoms with Crippen LogP contribution in [0.4, 0.5) is 11.8 Å². The summed E-state index contributed by atoms with van der Waals surface area (Å²) in [6.45, 7) is 3.73. The Morgan fingerprint density at radius 1 is 1.22 bits per heavy atom. The van der Waals surface area contributed by atoms with Crippen LogP contribution in [0, 0.1) is 0 Å². The van der Waals surface area contributed by atoms with Crippen molar-refractivity contribution < 1.29 is 9.30 Å². The van der Waals surface area contributed by atoms with Crippen LogP contribution in [-0.2, 0) is 15.8 Å². The first-order valence-corrected chi connectivity index (χ1v) is 9.91. The van der Waals surface area contributed by atoms with Gasteiger partial charge in [0.05, 0.1) is 25.1 Å². The highest BCUT2D eigenvalue weighted by molar-refractivity contribution is 7.62. The van der Waals surface area contributed by atoms with Gasteiger partial charge in [0, 0.05) is 0 Å². The molecule has 0 fully saturated rings. The van der Waals surface area contributed by atoms with Crippen molar-refractivity contribution in [3.63, 3.8) is 0 Å². The van der Waals surface area contributed by atoms with Crippen LogP contribution in [-0.4, -0.2) is 35.8 Å². The molecule has 0 bridgehead atoms. The van der Waals surface area contributed by atoms with E-state index in [1.807, 2.05) is 18.2 Å². The van der Waals surface area contributed by atoms with Crippen molar-refractivity contribution in [1.29, 1.82) is 0 Å². The van der Waals surface area contributed by atoms with Crippen molar-refractivity contribution >= 4 is 18.9 Å². The summed E-state index contributed by atoms with van der Waals surface area (Å²) in [5.41, 5.74) is 12.3. The maximum Gasteiger partial charge on any atom is 0.265 e. The molecule has 0 unspecified atom stereocenters. The van der Waals surface area contributed by atoms with Crippen molar-refractivity contribution in [2.75, 3.05) is 37.8 Å². The fourth-order valence-electron chi connectivity index (χ4n) is 2.12. The number of nitrogen functional groups attached to an aromatic ring is 2. The Bertz CT molecular complexity index is 783. The lowest BCUT2D eigenvalue weighted by atomic mass is 10.1. The number of hydrogen-bond donors (Lipinski definition) is 2.